The summed E-state index contributed by atoms with van der Waals surface area (Å²) in [6, 6.07) is 28.8. The molecule has 4 aromatic rings. The number of non-ortho nitro benzene ring substituents is 1. The number of amides is 2. The largest absolute Gasteiger partial charge is 0.325 e. The molecule has 2 N–H and O–H groups in total. The number of carbonyl (C=O) groups excluding carboxylic acids is 2. The minimum Gasteiger partial charge on any atom is -0.325 e. The zero-order valence-corrected chi connectivity index (χ0v) is 20.3. The zero-order chi connectivity index (χ0) is 25.5. The van der Waals surface area contributed by atoms with Gasteiger partial charge in [0.15, 0.2) is 0 Å². The van der Waals surface area contributed by atoms with E-state index in [2.05, 4.69) is 10.6 Å². The van der Waals surface area contributed by atoms with E-state index in [-0.39, 0.29) is 17.5 Å². The average Bonchev–Trinajstić information content (AvgIpc) is 2.88. The third-order valence-electron chi connectivity index (χ3n) is 5.12. The highest BCUT2D eigenvalue weighted by molar-refractivity contribution is 8.00. The topological polar surface area (TPSA) is 101 Å². The van der Waals surface area contributed by atoms with Crippen molar-refractivity contribution < 1.29 is 14.5 Å². The van der Waals surface area contributed by atoms with Crippen LogP contribution in [0.3, 0.4) is 0 Å². The molecule has 0 radical (unpaired) electrons. The number of rotatable bonds is 8. The number of carbonyl (C=O) groups is 2. The Hall–Kier alpha value is -4.14. The Kier molecular flexibility index (Phi) is 7.99. The molecule has 9 heteroatoms. The average molecular weight is 518 g/mol. The van der Waals surface area contributed by atoms with Crippen molar-refractivity contribution in [2.24, 2.45) is 0 Å². The molecule has 0 aliphatic carbocycles. The van der Waals surface area contributed by atoms with Crippen LogP contribution >= 0.6 is 23.4 Å². The first-order valence-corrected chi connectivity index (χ1v) is 12.1. The van der Waals surface area contributed by atoms with E-state index in [1.807, 2.05) is 36.4 Å². The minimum absolute atomic E-state index is 0.0568. The SMILES string of the molecule is O=C(Nc1cccc(SC(C(=O)Nc2ccc([N+](=O)[O-])cc2)c2ccccc2)c1)c1cccc(Cl)c1. The summed E-state index contributed by atoms with van der Waals surface area (Å²) in [4.78, 5) is 37.1. The lowest BCUT2D eigenvalue weighted by molar-refractivity contribution is -0.384. The summed E-state index contributed by atoms with van der Waals surface area (Å²) in [7, 11) is 0. The fourth-order valence-electron chi connectivity index (χ4n) is 3.39. The summed E-state index contributed by atoms with van der Waals surface area (Å²) in [6.45, 7) is 0. The van der Waals surface area contributed by atoms with Crippen LogP contribution in [0.5, 0.6) is 0 Å². The molecule has 7 nitrogen and oxygen atoms in total. The van der Waals surface area contributed by atoms with Crippen LogP contribution in [-0.2, 0) is 4.79 Å². The Balaban J connectivity index is 1.53. The molecule has 36 heavy (non-hydrogen) atoms. The Labute approximate surface area is 216 Å². The fourth-order valence-corrected chi connectivity index (χ4v) is 4.67. The molecule has 0 bridgehead atoms. The summed E-state index contributed by atoms with van der Waals surface area (Å²) in [5.41, 5.74) is 2.20. The number of nitro groups is 1. The molecule has 4 aromatic carbocycles. The van der Waals surface area contributed by atoms with E-state index in [1.54, 1.807) is 42.5 Å². The highest BCUT2D eigenvalue weighted by Crippen LogP contribution is 2.37. The van der Waals surface area contributed by atoms with Gasteiger partial charge in [-0.25, -0.2) is 0 Å². The molecule has 0 aromatic heterocycles. The van der Waals surface area contributed by atoms with Gasteiger partial charge in [0.2, 0.25) is 5.91 Å². The van der Waals surface area contributed by atoms with Crippen LogP contribution < -0.4 is 10.6 Å². The van der Waals surface area contributed by atoms with E-state index >= 15 is 0 Å². The molecule has 180 valence electrons. The van der Waals surface area contributed by atoms with Crippen LogP contribution in [0.2, 0.25) is 5.02 Å². The Morgan fingerprint density at radius 2 is 1.53 bits per heavy atom. The van der Waals surface area contributed by atoms with E-state index in [0.717, 1.165) is 10.5 Å². The fraction of sp³-hybridized carbons (Fsp3) is 0.0370. The maximum atomic E-state index is 13.3. The molecular weight excluding hydrogens is 498 g/mol. The number of halogens is 1. The van der Waals surface area contributed by atoms with Crippen LogP contribution in [0.15, 0.2) is 108 Å². The van der Waals surface area contributed by atoms with Gasteiger partial charge in [-0.1, -0.05) is 54.1 Å². The molecule has 0 heterocycles. The van der Waals surface area contributed by atoms with E-state index in [1.165, 1.54) is 36.0 Å². The molecule has 1 atom stereocenters. The summed E-state index contributed by atoms with van der Waals surface area (Å²) in [5.74, 6) is -0.580. The molecule has 0 aliphatic heterocycles. The molecule has 1 unspecified atom stereocenters. The normalized spacial score (nSPS) is 11.4. The van der Waals surface area contributed by atoms with Crippen molar-refractivity contribution in [3.63, 3.8) is 0 Å². The number of benzene rings is 4. The molecule has 0 saturated heterocycles. The number of thioether (sulfide) groups is 1. The second-order valence-electron chi connectivity index (χ2n) is 7.69. The summed E-state index contributed by atoms with van der Waals surface area (Å²) < 4.78 is 0. The van der Waals surface area contributed by atoms with Crippen molar-refractivity contribution in [1.29, 1.82) is 0 Å². The van der Waals surface area contributed by atoms with Gasteiger partial charge < -0.3 is 10.6 Å². The van der Waals surface area contributed by atoms with E-state index in [0.29, 0.717) is 22.0 Å². The van der Waals surface area contributed by atoms with Gasteiger partial charge in [0, 0.05) is 39.0 Å². The van der Waals surface area contributed by atoms with Crippen LogP contribution in [0.25, 0.3) is 0 Å². The Morgan fingerprint density at radius 3 is 2.22 bits per heavy atom. The minimum atomic E-state index is -0.611. The molecule has 4 rings (SSSR count). The number of hydrogen-bond donors (Lipinski definition) is 2. The van der Waals surface area contributed by atoms with Crippen LogP contribution in [0.4, 0.5) is 17.1 Å². The Bertz CT molecular complexity index is 1400. The van der Waals surface area contributed by atoms with Gasteiger partial charge in [-0.05, 0) is 54.1 Å². The third-order valence-corrected chi connectivity index (χ3v) is 6.60. The predicted octanol–water partition coefficient (Wildman–Crippen LogP) is 6.97. The number of nitrogens with zero attached hydrogens (tertiary/aromatic N) is 1. The van der Waals surface area contributed by atoms with Crippen molar-refractivity contribution in [2.75, 3.05) is 10.6 Å². The Morgan fingerprint density at radius 1 is 0.806 bits per heavy atom. The maximum Gasteiger partial charge on any atom is 0.269 e. The number of hydrogen-bond acceptors (Lipinski definition) is 5. The van der Waals surface area contributed by atoms with Crippen molar-refractivity contribution >= 4 is 52.2 Å². The van der Waals surface area contributed by atoms with Crippen molar-refractivity contribution in [2.45, 2.75) is 10.1 Å². The summed E-state index contributed by atoms with van der Waals surface area (Å²) >= 11 is 7.31. The van der Waals surface area contributed by atoms with Gasteiger partial charge in [-0.2, -0.15) is 0 Å². The quantitative estimate of drug-likeness (QED) is 0.149. The van der Waals surface area contributed by atoms with Gasteiger partial charge in [0.1, 0.15) is 5.25 Å². The molecule has 0 aliphatic rings. The van der Waals surface area contributed by atoms with E-state index < -0.39 is 10.2 Å². The van der Waals surface area contributed by atoms with E-state index in [4.69, 9.17) is 11.6 Å². The van der Waals surface area contributed by atoms with Gasteiger partial charge >= 0.3 is 0 Å². The highest BCUT2D eigenvalue weighted by Gasteiger charge is 2.23. The molecular formula is C27H20ClN3O4S. The van der Waals surface area contributed by atoms with Gasteiger partial charge in [0.05, 0.1) is 4.92 Å². The van der Waals surface area contributed by atoms with Crippen LogP contribution in [-0.4, -0.2) is 16.7 Å². The smallest absolute Gasteiger partial charge is 0.269 e. The predicted molar refractivity (Wildman–Crippen MR) is 143 cm³/mol. The number of nitro benzene ring substituents is 1. The monoisotopic (exact) mass is 517 g/mol. The van der Waals surface area contributed by atoms with Gasteiger partial charge in [-0.15, -0.1) is 11.8 Å². The molecule has 0 saturated carbocycles. The standard InChI is InChI=1S/C27H20ClN3O4S/c28-20-9-4-8-19(16-20)26(32)30-22-10-5-11-24(17-22)36-25(18-6-2-1-3-7-18)27(33)29-21-12-14-23(15-13-21)31(34)35/h1-17,25H,(H,29,33)(H,30,32). The zero-order valence-electron chi connectivity index (χ0n) is 18.8. The lowest BCUT2D eigenvalue weighted by Crippen LogP contribution is -2.19. The second kappa shape index (κ2) is 11.5. The van der Waals surface area contributed by atoms with Crippen molar-refractivity contribution in [1.82, 2.24) is 0 Å². The first-order valence-electron chi connectivity index (χ1n) is 10.8. The molecule has 2 amide bonds. The van der Waals surface area contributed by atoms with E-state index in [9.17, 15) is 19.7 Å². The highest BCUT2D eigenvalue weighted by atomic mass is 35.5. The van der Waals surface area contributed by atoms with Crippen molar-refractivity contribution in [3.8, 4) is 0 Å². The maximum absolute atomic E-state index is 13.3. The molecule has 0 fully saturated rings. The lowest BCUT2D eigenvalue weighted by Gasteiger charge is -2.18. The van der Waals surface area contributed by atoms with Gasteiger partial charge in [-0.3, -0.25) is 19.7 Å². The summed E-state index contributed by atoms with van der Waals surface area (Å²) in [6.07, 6.45) is 0. The number of nitrogens with one attached hydrogen (secondary N) is 2. The van der Waals surface area contributed by atoms with Crippen molar-refractivity contribution in [3.05, 3.63) is 129 Å². The first kappa shape index (κ1) is 25.0. The lowest BCUT2D eigenvalue weighted by atomic mass is 10.1. The summed E-state index contributed by atoms with van der Waals surface area (Å²) in [5, 5.41) is 16.5. The van der Waals surface area contributed by atoms with Gasteiger partial charge in [0.25, 0.3) is 11.6 Å². The molecule has 0 spiro atoms. The van der Waals surface area contributed by atoms with Crippen LogP contribution in [0.1, 0.15) is 21.2 Å². The third kappa shape index (κ3) is 6.50. The van der Waals surface area contributed by atoms with Crippen LogP contribution in [0, 0.1) is 10.1 Å². The first-order chi connectivity index (χ1) is 17.4. The second-order valence-corrected chi connectivity index (χ2v) is 9.31. The number of anilines is 2.